The molecule has 0 radical (unpaired) electrons. The van der Waals surface area contributed by atoms with Crippen LogP contribution in [-0.4, -0.2) is 42.9 Å². The van der Waals surface area contributed by atoms with E-state index in [1.165, 1.54) is 6.26 Å². The smallest absolute Gasteiger partial charge is 0.0706 e. The van der Waals surface area contributed by atoms with Gasteiger partial charge in [0.2, 0.25) is 0 Å². The third-order valence-corrected chi connectivity index (χ3v) is 6.68. The van der Waals surface area contributed by atoms with E-state index in [9.17, 15) is 4.21 Å². The van der Waals surface area contributed by atoms with Crippen molar-refractivity contribution in [3.63, 3.8) is 0 Å². The van der Waals surface area contributed by atoms with E-state index < -0.39 is 9.73 Å². The van der Waals surface area contributed by atoms with E-state index in [1.807, 2.05) is 69.7 Å². The van der Waals surface area contributed by atoms with E-state index in [1.54, 1.807) is 10.9 Å². The summed E-state index contributed by atoms with van der Waals surface area (Å²) >= 11 is 0. The van der Waals surface area contributed by atoms with Crippen molar-refractivity contribution in [2.24, 2.45) is 12.0 Å². The topological polar surface area (TPSA) is 108 Å². The molecular formula is C28H34N6OS. The number of aromatic nitrogens is 3. The Morgan fingerprint density at radius 3 is 2.67 bits per heavy atom. The largest absolute Gasteiger partial charge is 0.309 e. The number of benzene rings is 1. The van der Waals surface area contributed by atoms with Gasteiger partial charge >= 0.3 is 0 Å². The molecule has 0 saturated carbocycles. The molecule has 36 heavy (non-hydrogen) atoms. The van der Waals surface area contributed by atoms with E-state index in [4.69, 9.17) is 15.2 Å². The van der Waals surface area contributed by atoms with Crippen molar-refractivity contribution in [1.29, 1.82) is 10.2 Å². The van der Waals surface area contributed by atoms with Crippen molar-refractivity contribution in [2.45, 2.75) is 33.1 Å². The number of hydrogen-bond donors (Lipinski definition) is 2. The summed E-state index contributed by atoms with van der Waals surface area (Å²) in [6.45, 7) is 7.68. The molecule has 0 saturated heterocycles. The number of nitrogens with one attached hydrogen (secondary N) is 2. The quantitative estimate of drug-likeness (QED) is 0.306. The minimum Gasteiger partial charge on any atom is -0.309 e. The molecule has 7 nitrogen and oxygen atoms in total. The first kappa shape index (κ1) is 26.9. The summed E-state index contributed by atoms with van der Waals surface area (Å²) in [6, 6.07) is 12.2. The summed E-state index contributed by atoms with van der Waals surface area (Å²) in [5, 5.41) is 12.8. The van der Waals surface area contributed by atoms with E-state index in [0.29, 0.717) is 30.7 Å². The predicted octanol–water partition coefficient (Wildman–Crippen LogP) is 6.18. The van der Waals surface area contributed by atoms with Crippen LogP contribution in [0.1, 0.15) is 37.9 Å². The molecule has 2 N–H and O–H groups in total. The van der Waals surface area contributed by atoms with Gasteiger partial charge in [0.25, 0.3) is 0 Å². The normalized spacial score (nSPS) is 13.6. The number of hydrogen-bond acceptors (Lipinski definition) is 6. The Morgan fingerprint density at radius 1 is 1.25 bits per heavy atom. The van der Waals surface area contributed by atoms with Crippen LogP contribution in [0.4, 0.5) is 0 Å². The molecule has 2 aromatic heterocycles. The molecule has 8 heteroatoms. The van der Waals surface area contributed by atoms with Crippen molar-refractivity contribution in [3.05, 3.63) is 78.4 Å². The maximum absolute atomic E-state index is 11.7. The Kier molecular flexibility index (Phi) is 8.88. The minimum absolute atomic E-state index is 0.299. The molecule has 0 aliphatic rings. The SMILES string of the molecule is C=C(C)N=C/C(=C\C)c1cccc(-c2ccc(-c3cnn(C)c3)c(CC(=N)CCCS(C)(=N)=O)n2)c1. The van der Waals surface area contributed by atoms with Crippen LogP contribution < -0.4 is 0 Å². The molecule has 0 amide bonds. The van der Waals surface area contributed by atoms with Gasteiger partial charge in [-0.05, 0) is 50.0 Å². The summed E-state index contributed by atoms with van der Waals surface area (Å²) < 4.78 is 21.0. The van der Waals surface area contributed by atoms with Crippen molar-refractivity contribution >= 4 is 27.2 Å². The van der Waals surface area contributed by atoms with Gasteiger partial charge < -0.3 is 5.41 Å². The molecular weight excluding hydrogens is 468 g/mol. The van der Waals surface area contributed by atoms with Crippen LogP contribution in [0.3, 0.4) is 0 Å². The molecule has 3 rings (SSSR count). The summed E-state index contributed by atoms with van der Waals surface area (Å²) in [7, 11) is -0.676. The van der Waals surface area contributed by atoms with Gasteiger partial charge in [-0.1, -0.05) is 36.9 Å². The first-order valence-corrected chi connectivity index (χ1v) is 13.9. The zero-order chi connectivity index (χ0) is 26.3. The zero-order valence-electron chi connectivity index (χ0n) is 21.4. The lowest BCUT2D eigenvalue weighted by atomic mass is 9.98. The van der Waals surface area contributed by atoms with E-state index >= 15 is 0 Å². The summed E-state index contributed by atoms with van der Waals surface area (Å²) in [4.78, 5) is 9.33. The van der Waals surface area contributed by atoms with Crippen LogP contribution in [0, 0.1) is 10.2 Å². The molecule has 2 heterocycles. The molecule has 188 valence electrons. The van der Waals surface area contributed by atoms with Gasteiger partial charge in [-0.2, -0.15) is 5.10 Å². The average molecular weight is 503 g/mol. The molecule has 0 spiro atoms. The van der Waals surface area contributed by atoms with Gasteiger partial charge in [-0.25, -0.2) is 0 Å². The van der Waals surface area contributed by atoms with Crippen LogP contribution in [-0.2, 0) is 23.2 Å². The lowest BCUT2D eigenvalue weighted by Crippen LogP contribution is -2.09. The van der Waals surface area contributed by atoms with E-state index in [2.05, 4.69) is 22.7 Å². The second-order valence-corrected chi connectivity index (χ2v) is 11.4. The number of aryl methyl sites for hydroxylation is 1. The highest BCUT2D eigenvalue weighted by Gasteiger charge is 2.14. The van der Waals surface area contributed by atoms with Crippen molar-refractivity contribution < 1.29 is 4.21 Å². The highest BCUT2D eigenvalue weighted by Crippen LogP contribution is 2.28. The van der Waals surface area contributed by atoms with Crippen LogP contribution in [0.5, 0.6) is 0 Å². The molecule has 0 bridgehead atoms. The van der Waals surface area contributed by atoms with Crippen LogP contribution in [0.15, 0.2) is 72.1 Å². The first-order valence-electron chi connectivity index (χ1n) is 11.8. The molecule has 1 unspecified atom stereocenters. The van der Waals surface area contributed by atoms with Crippen molar-refractivity contribution in [3.8, 4) is 22.4 Å². The Labute approximate surface area is 214 Å². The Morgan fingerprint density at radius 2 is 2.03 bits per heavy atom. The molecule has 3 aromatic rings. The molecule has 0 aliphatic heterocycles. The predicted molar refractivity (Wildman–Crippen MR) is 151 cm³/mol. The number of rotatable bonds is 11. The third-order valence-electron chi connectivity index (χ3n) is 5.61. The van der Waals surface area contributed by atoms with Crippen LogP contribution in [0.25, 0.3) is 28.0 Å². The van der Waals surface area contributed by atoms with Gasteiger partial charge in [0, 0.05) is 75.7 Å². The fourth-order valence-corrected chi connectivity index (χ4v) is 4.52. The first-order chi connectivity index (χ1) is 17.1. The maximum Gasteiger partial charge on any atom is 0.0706 e. The lowest BCUT2D eigenvalue weighted by Gasteiger charge is -2.12. The van der Waals surface area contributed by atoms with Gasteiger partial charge in [0.05, 0.1) is 17.6 Å². The molecule has 0 aliphatic carbocycles. The summed E-state index contributed by atoms with van der Waals surface area (Å²) in [6.07, 6.45) is 10.4. The van der Waals surface area contributed by atoms with Gasteiger partial charge in [-0.3, -0.25) is 23.6 Å². The van der Waals surface area contributed by atoms with Crippen molar-refractivity contribution in [2.75, 3.05) is 12.0 Å². The van der Waals surface area contributed by atoms with Crippen LogP contribution >= 0.6 is 0 Å². The molecule has 1 atom stereocenters. The number of aliphatic imine (C=N–C) groups is 1. The van der Waals surface area contributed by atoms with Gasteiger partial charge in [-0.15, -0.1) is 0 Å². The van der Waals surface area contributed by atoms with E-state index in [-0.39, 0.29) is 0 Å². The summed E-state index contributed by atoms with van der Waals surface area (Å²) in [5.41, 5.74) is 7.76. The second-order valence-electron chi connectivity index (χ2n) is 9.00. The molecule has 1 aromatic carbocycles. The highest BCUT2D eigenvalue weighted by atomic mass is 32.2. The maximum atomic E-state index is 11.7. The Hall–Kier alpha value is -3.65. The third kappa shape index (κ3) is 7.68. The van der Waals surface area contributed by atoms with Gasteiger partial charge in [0.1, 0.15) is 0 Å². The monoisotopic (exact) mass is 502 g/mol. The fourth-order valence-electron chi connectivity index (χ4n) is 3.83. The van der Waals surface area contributed by atoms with Crippen LogP contribution in [0.2, 0.25) is 0 Å². The summed E-state index contributed by atoms with van der Waals surface area (Å²) in [5.74, 6) is 0.299. The number of nitrogens with zero attached hydrogens (tertiary/aromatic N) is 4. The Bertz CT molecular complexity index is 1430. The zero-order valence-corrected chi connectivity index (χ0v) is 22.2. The second kappa shape index (κ2) is 11.9. The highest BCUT2D eigenvalue weighted by molar-refractivity contribution is 7.91. The minimum atomic E-state index is -2.55. The standard InChI is InChI=1S/C28H34N6OS/c1-6-21(17-31-20(2)3)22-9-7-10-23(15-22)27-13-12-26(24-18-32-34(4)19-24)28(33-27)16-25(29)11-8-14-36(5,30)35/h6-7,9-10,12-13,15,17-19,29-30H,2,8,11,14,16H2,1,3-5H3/b21-6+,29-25?,31-17?. The lowest BCUT2D eigenvalue weighted by molar-refractivity contribution is 0.676. The fraction of sp³-hybridized carbons (Fsp3) is 0.286. The average Bonchev–Trinajstić information content (AvgIpc) is 3.24. The molecule has 0 fully saturated rings. The Balaban J connectivity index is 1.96. The number of pyridine rings is 1. The number of allylic oxidation sites excluding steroid dienone is 3. The van der Waals surface area contributed by atoms with Gasteiger partial charge in [0.15, 0.2) is 0 Å². The van der Waals surface area contributed by atoms with Crippen molar-refractivity contribution in [1.82, 2.24) is 14.8 Å². The van der Waals surface area contributed by atoms with E-state index in [0.717, 1.165) is 44.9 Å².